The first-order valence-corrected chi connectivity index (χ1v) is 10.8. The van der Waals surface area contributed by atoms with Crippen LogP contribution in [0.4, 0.5) is 0 Å². The quantitative estimate of drug-likeness (QED) is 0.634. The molecule has 0 aromatic carbocycles. The highest BCUT2D eigenvalue weighted by Crippen LogP contribution is 2.45. The first-order valence-electron chi connectivity index (χ1n) is 10.8. The van der Waals surface area contributed by atoms with Crippen LogP contribution in [-0.4, -0.2) is 83.8 Å². The highest BCUT2D eigenvalue weighted by Gasteiger charge is 2.58. The Kier molecular flexibility index (Phi) is 5.67. The molecule has 6 nitrogen and oxygen atoms in total. The summed E-state index contributed by atoms with van der Waals surface area (Å²) >= 11 is 0. The van der Waals surface area contributed by atoms with Gasteiger partial charge in [-0.05, 0) is 45.2 Å². The standard InChI is InChI=1S/C20H36N4O2/c1-3-23(4-2)10-9-21-15-6-7-16-19-18(15)20(26)14-11-13(25)5-8-17(14)24(19)12-22-16/h13-19,21-22,25H,3-12H2,1-2H3. The van der Waals surface area contributed by atoms with Crippen LogP contribution >= 0.6 is 0 Å². The molecule has 2 aliphatic heterocycles. The van der Waals surface area contributed by atoms with E-state index in [1.165, 1.54) is 0 Å². The molecule has 0 aromatic heterocycles. The molecular formula is C20H36N4O2. The van der Waals surface area contributed by atoms with E-state index in [0.717, 1.165) is 58.5 Å². The molecule has 0 bridgehead atoms. The van der Waals surface area contributed by atoms with Crippen molar-refractivity contribution in [3.63, 3.8) is 0 Å². The second kappa shape index (κ2) is 7.84. The fraction of sp³-hybridized carbons (Fsp3) is 0.950. The Bertz CT molecular complexity index is 512. The molecule has 148 valence electrons. The van der Waals surface area contributed by atoms with Crippen molar-refractivity contribution < 1.29 is 9.90 Å². The number of hydrogen-bond acceptors (Lipinski definition) is 6. The number of aliphatic hydroxyl groups is 1. The molecule has 3 N–H and O–H groups in total. The summed E-state index contributed by atoms with van der Waals surface area (Å²) in [5.41, 5.74) is 0. The second-order valence-electron chi connectivity index (χ2n) is 8.71. The summed E-state index contributed by atoms with van der Waals surface area (Å²) in [6.45, 7) is 9.49. The average Bonchev–Trinajstić information content (AvgIpc) is 3.08. The van der Waals surface area contributed by atoms with Crippen molar-refractivity contribution in [2.75, 3.05) is 32.8 Å². The Morgan fingerprint density at radius 3 is 2.81 bits per heavy atom. The Balaban J connectivity index is 1.48. The number of aliphatic hydroxyl groups excluding tert-OH is 1. The number of fused-ring (bicyclic) bond motifs is 2. The van der Waals surface area contributed by atoms with Gasteiger partial charge in [-0.1, -0.05) is 13.8 Å². The zero-order valence-electron chi connectivity index (χ0n) is 16.4. The highest BCUT2D eigenvalue weighted by molar-refractivity contribution is 5.87. The van der Waals surface area contributed by atoms with Crippen LogP contribution in [0.15, 0.2) is 0 Å². The molecule has 7 atom stereocenters. The fourth-order valence-electron chi connectivity index (χ4n) is 6.15. The number of likely N-dealkylation sites (N-methyl/N-ethyl adjacent to an activating group) is 1. The van der Waals surface area contributed by atoms with Crippen molar-refractivity contribution >= 4 is 5.78 Å². The number of carbonyl (C=O) groups is 1. The zero-order chi connectivity index (χ0) is 18.3. The van der Waals surface area contributed by atoms with Crippen molar-refractivity contribution in [2.45, 2.75) is 76.2 Å². The first kappa shape index (κ1) is 18.8. The SMILES string of the molecule is CCN(CC)CCNC1CCC2NCN3C4CCC(O)CC4C(=O)C1C23. The van der Waals surface area contributed by atoms with Crippen molar-refractivity contribution in [1.29, 1.82) is 0 Å². The monoisotopic (exact) mass is 364 g/mol. The van der Waals surface area contributed by atoms with Crippen LogP contribution in [-0.2, 0) is 4.79 Å². The van der Waals surface area contributed by atoms with Crippen LogP contribution in [0.5, 0.6) is 0 Å². The lowest BCUT2D eigenvalue weighted by atomic mass is 9.64. The average molecular weight is 365 g/mol. The van der Waals surface area contributed by atoms with Crippen LogP contribution in [0.3, 0.4) is 0 Å². The van der Waals surface area contributed by atoms with Gasteiger partial charge in [0.1, 0.15) is 5.78 Å². The highest BCUT2D eigenvalue weighted by atomic mass is 16.3. The molecule has 26 heavy (non-hydrogen) atoms. The number of hydrogen-bond donors (Lipinski definition) is 3. The molecule has 4 fully saturated rings. The van der Waals surface area contributed by atoms with E-state index in [0.29, 0.717) is 36.4 Å². The van der Waals surface area contributed by atoms with Gasteiger partial charge < -0.3 is 15.3 Å². The van der Waals surface area contributed by atoms with Gasteiger partial charge in [0.2, 0.25) is 0 Å². The maximum absolute atomic E-state index is 13.5. The van der Waals surface area contributed by atoms with Gasteiger partial charge in [0.15, 0.2) is 0 Å². The maximum Gasteiger partial charge on any atom is 0.143 e. The van der Waals surface area contributed by atoms with Gasteiger partial charge in [-0.25, -0.2) is 0 Å². The smallest absolute Gasteiger partial charge is 0.143 e. The Morgan fingerprint density at radius 1 is 1.23 bits per heavy atom. The number of ketones is 1. The third-order valence-electron chi connectivity index (χ3n) is 7.56. The van der Waals surface area contributed by atoms with Crippen LogP contribution in [0, 0.1) is 11.8 Å². The molecule has 0 aromatic rings. The molecule has 6 heteroatoms. The van der Waals surface area contributed by atoms with E-state index in [1.807, 2.05) is 0 Å². The molecule has 2 aliphatic carbocycles. The van der Waals surface area contributed by atoms with Crippen LogP contribution in [0.2, 0.25) is 0 Å². The van der Waals surface area contributed by atoms with Gasteiger partial charge in [0, 0.05) is 49.8 Å². The third kappa shape index (κ3) is 3.24. The molecule has 2 heterocycles. The molecule has 2 saturated carbocycles. The summed E-state index contributed by atoms with van der Waals surface area (Å²) in [7, 11) is 0. The summed E-state index contributed by atoms with van der Waals surface area (Å²) in [6.07, 6.45) is 4.43. The van der Waals surface area contributed by atoms with E-state index in [9.17, 15) is 9.90 Å². The molecule has 0 amide bonds. The van der Waals surface area contributed by atoms with Gasteiger partial charge in [-0.2, -0.15) is 0 Å². The molecule has 2 saturated heterocycles. The molecule has 0 spiro atoms. The van der Waals surface area contributed by atoms with Gasteiger partial charge in [0.25, 0.3) is 0 Å². The Hall–Kier alpha value is -0.530. The van der Waals surface area contributed by atoms with Crippen LogP contribution in [0.1, 0.15) is 46.0 Å². The number of carbonyl (C=O) groups excluding carboxylic acids is 1. The lowest BCUT2D eigenvalue weighted by molar-refractivity contribution is -0.146. The first-order chi connectivity index (χ1) is 12.6. The minimum Gasteiger partial charge on any atom is -0.393 e. The summed E-state index contributed by atoms with van der Waals surface area (Å²) in [5.74, 6) is 0.557. The molecule has 4 aliphatic rings. The fourth-order valence-corrected chi connectivity index (χ4v) is 6.15. The topological polar surface area (TPSA) is 67.8 Å². The molecular weight excluding hydrogens is 328 g/mol. The van der Waals surface area contributed by atoms with Crippen LogP contribution < -0.4 is 10.6 Å². The molecule has 4 rings (SSSR count). The lowest BCUT2D eigenvalue weighted by Gasteiger charge is -2.53. The molecule has 0 radical (unpaired) electrons. The van der Waals surface area contributed by atoms with E-state index in [4.69, 9.17) is 0 Å². The minimum absolute atomic E-state index is 0.0331. The van der Waals surface area contributed by atoms with E-state index >= 15 is 0 Å². The van der Waals surface area contributed by atoms with Crippen LogP contribution in [0.25, 0.3) is 0 Å². The Morgan fingerprint density at radius 2 is 2.04 bits per heavy atom. The number of nitrogens with one attached hydrogen (secondary N) is 2. The zero-order valence-corrected chi connectivity index (χ0v) is 16.4. The largest absolute Gasteiger partial charge is 0.393 e. The van der Waals surface area contributed by atoms with Crippen molar-refractivity contribution in [3.05, 3.63) is 0 Å². The summed E-state index contributed by atoms with van der Waals surface area (Å²) < 4.78 is 0. The summed E-state index contributed by atoms with van der Waals surface area (Å²) in [5, 5.41) is 17.6. The predicted octanol–water partition coefficient (Wildman–Crippen LogP) is 0.409. The van der Waals surface area contributed by atoms with Gasteiger partial charge in [-0.3, -0.25) is 15.0 Å². The number of piperidine rings is 1. The van der Waals surface area contributed by atoms with E-state index in [2.05, 4.69) is 34.3 Å². The Labute approximate surface area is 157 Å². The van der Waals surface area contributed by atoms with Gasteiger partial charge in [-0.15, -0.1) is 0 Å². The van der Waals surface area contributed by atoms with Crippen molar-refractivity contribution in [1.82, 2.24) is 20.4 Å². The maximum atomic E-state index is 13.5. The number of nitrogens with zero attached hydrogens (tertiary/aromatic N) is 2. The van der Waals surface area contributed by atoms with Crippen molar-refractivity contribution in [3.8, 4) is 0 Å². The number of Topliss-reactive ketones (excluding diaryl/α,β-unsaturated/α-hetero) is 1. The summed E-state index contributed by atoms with van der Waals surface area (Å²) in [4.78, 5) is 18.5. The molecule has 7 unspecified atom stereocenters. The normalized spacial score (nSPS) is 42.8. The third-order valence-corrected chi connectivity index (χ3v) is 7.56. The van der Waals surface area contributed by atoms with Gasteiger partial charge in [0.05, 0.1) is 12.0 Å². The van der Waals surface area contributed by atoms with E-state index < -0.39 is 0 Å². The lowest BCUT2D eigenvalue weighted by Crippen LogP contribution is -2.67. The summed E-state index contributed by atoms with van der Waals surface area (Å²) in [6, 6.07) is 1.47. The number of rotatable bonds is 6. The van der Waals surface area contributed by atoms with Gasteiger partial charge >= 0.3 is 0 Å². The minimum atomic E-state index is -0.291. The predicted molar refractivity (Wildman–Crippen MR) is 102 cm³/mol. The second-order valence-corrected chi connectivity index (χ2v) is 8.71. The van der Waals surface area contributed by atoms with E-state index in [1.54, 1.807) is 0 Å². The van der Waals surface area contributed by atoms with E-state index in [-0.39, 0.29) is 17.9 Å². The van der Waals surface area contributed by atoms with Crippen molar-refractivity contribution in [2.24, 2.45) is 11.8 Å².